The summed E-state index contributed by atoms with van der Waals surface area (Å²) in [7, 11) is 0. The summed E-state index contributed by atoms with van der Waals surface area (Å²) >= 11 is 0. The highest BCUT2D eigenvalue weighted by molar-refractivity contribution is 6.04. The third-order valence-electron chi connectivity index (χ3n) is 5.23. The number of carbonyl (C=O) groups is 2. The van der Waals surface area contributed by atoms with Crippen molar-refractivity contribution in [1.29, 1.82) is 0 Å². The zero-order valence-corrected chi connectivity index (χ0v) is 17.5. The Hall–Kier alpha value is -3.41. The molecule has 1 aliphatic carbocycles. The average Bonchev–Trinajstić information content (AvgIpc) is 3.32. The minimum atomic E-state index is -0.467. The van der Waals surface area contributed by atoms with Crippen molar-refractivity contribution < 1.29 is 9.59 Å². The highest BCUT2D eigenvalue weighted by Crippen LogP contribution is 2.28. The van der Waals surface area contributed by atoms with Crippen molar-refractivity contribution in [3.05, 3.63) is 71.5 Å². The van der Waals surface area contributed by atoms with Gasteiger partial charge in [0.05, 0.1) is 5.69 Å². The van der Waals surface area contributed by atoms with Gasteiger partial charge in [0.1, 0.15) is 0 Å². The van der Waals surface area contributed by atoms with E-state index in [-0.39, 0.29) is 11.8 Å². The van der Waals surface area contributed by atoms with E-state index in [0.717, 1.165) is 36.2 Å². The highest BCUT2D eigenvalue weighted by atomic mass is 16.2. The number of carbonyl (C=O) groups excluding carboxylic acids is 2. The third-order valence-corrected chi connectivity index (χ3v) is 5.23. The number of nitrogens with one attached hydrogen (secondary N) is 2. The van der Waals surface area contributed by atoms with Crippen molar-refractivity contribution in [3.8, 4) is 5.69 Å². The Morgan fingerprint density at radius 3 is 2.17 bits per heavy atom. The SMILES string of the molecule is CC(C)(C)C(=O)Nc1ccc(NC(=O)c2nn(-c3ccccc3)c3c2CCC3)cc1. The molecule has 0 saturated carbocycles. The zero-order valence-electron chi connectivity index (χ0n) is 17.5. The predicted octanol–water partition coefficient (Wildman–Crippen LogP) is 4.60. The van der Waals surface area contributed by atoms with Gasteiger partial charge in [0, 0.05) is 28.0 Å². The molecule has 0 saturated heterocycles. The van der Waals surface area contributed by atoms with E-state index in [1.54, 1.807) is 24.3 Å². The molecule has 1 aliphatic rings. The van der Waals surface area contributed by atoms with Crippen LogP contribution in [0.5, 0.6) is 0 Å². The molecule has 0 radical (unpaired) electrons. The molecule has 3 aromatic rings. The number of benzene rings is 2. The van der Waals surface area contributed by atoms with E-state index in [2.05, 4.69) is 15.7 Å². The monoisotopic (exact) mass is 402 g/mol. The lowest BCUT2D eigenvalue weighted by atomic mass is 9.95. The van der Waals surface area contributed by atoms with Crippen LogP contribution in [0, 0.1) is 5.41 Å². The first-order chi connectivity index (χ1) is 14.3. The van der Waals surface area contributed by atoms with Crippen LogP contribution in [0.25, 0.3) is 5.69 Å². The maximum atomic E-state index is 13.0. The molecule has 30 heavy (non-hydrogen) atoms. The smallest absolute Gasteiger partial charge is 0.276 e. The van der Waals surface area contributed by atoms with Crippen LogP contribution >= 0.6 is 0 Å². The highest BCUT2D eigenvalue weighted by Gasteiger charge is 2.27. The van der Waals surface area contributed by atoms with Gasteiger partial charge in [-0.2, -0.15) is 5.10 Å². The molecule has 0 bridgehead atoms. The van der Waals surface area contributed by atoms with E-state index in [1.165, 1.54) is 0 Å². The molecule has 154 valence electrons. The summed E-state index contributed by atoms with van der Waals surface area (Å²) in [5.41, 5.74) is 4.49. The number of para-hydroxylation sites is 1. The summed E-state index contributed by atoms with van der Waals surface area (Å²) in [6.45, 7) is 5.60. The Labute approximate surface area is 176 Å². The van der Waals surface area contributed by atoms with Gasteiger partial charge in [0.25, 0.3) is 5.91 Å². The van der Waals surface area contributed by atoms with Gasteiger partial charge in [-0.25, -0.2) is 4.68 Å². The molecule has 1 heterocycles. The maximum Gasteiger partial charge on any atom is 0.276 e. The number of aromatic nitrogens is 2. The quantitative estimate of drug-likeness (QED) is 0.670. The second-order valence-electron chi connectivity index (χ2n) is 8.61. The van der Waals surface area contributed by atoms with Crippen molar-refractivity contribution in [3.63, 3.8) is 0 Å². The van der Waals surface area contributed by atoms with Crippen molar-refractivity contribution >= 4 is 23.2 Å². The Morgan fingerprint density at radius 1 is 0.900 bits per heavy atom. The van der Waals surface area contributed by atoms with E-state index in [1.807, 2.05) is 55.8 Å². The fraction of sp³-hybridized carbons (Fsp3) is 0.292. The molecule has 0 unspecified atom stereocenters. The Balaban J connectivity index is 1.52. The van der Waals surface area contributed by atoms with Crippen LogP contribution < -0.4 is 10.6 Å². The van der Waals surface area contributed by atoms with Crippen LogP contribution in [0.1, 0.15) is 48.9 Å². The van der Waals surface area contributed by atoms with Gasteiger partial charge in [0.2, 0.25) is 5.91 Å². The van der Waals surface area contributed by atoms with E-state index in [9.17, 15) is 9.59 Å². The number of anilines is 2. The second-order valence-corrected chi connectivity index (χ2v) is 8.61. The minimum absolute atomic E-state index is 0.0544. The fourth-order valence-electron chi connectivity index (χ4n) is 3.55. The molecule has 6 heteroatoms. The van der Waals surface area contributed by atoms with Crippen LogP contribution in [0.4, 0.5) is 11.4 Å². The van der Waals surface area contributed by atoms with E-state index < -0.39 is 5.41 Å². The topological polar surface area (TPSA) is 76.0 Å². The van der Waals surface area contributed by atoms with Gasteiger partial charge >= 0.3 is 0 Å². The first-order valence-corrected chi connectivity index (χ1v) is 10.2. The van der Waals surface area contributed by atoms with Crippen LogP contribution in [0.15, 0.2) is 54.6 Å². The molecule has 4 rings (SSSR count). The molecule has 0 spiro atoms. The Morgan fingerprint density at radius 2 is 1.53 bits per heavy atom. The number of rotatable bonds is 4. The lowest BCUT2D eigenvalue weighted by Crippen LogP contribution is -2.27. The van der Waals surface area contributed by atoms with Crippen LogP contribution in [0.3, 0.4) is 0 Å². The summed E-state index contributed by atoms with van der Waals surface area (Å²) in [5.74, 6) is -0.268. The normalized spacial score (nSPS) is 13.0. The summed E-state index contributed by atoms with van der Waals surface area (Å²) in [4.78, 5) is 25.1. The van der Waals surface area contributed by atoms with Crippen molar-refractivity contribution in [2.45, 2.75) is 40.0 Å². The molecule has 0 aliphatic heterocycles. The largest absolute Gasteiger partial charge is 0.326 e. The summed E-state index contributed by atoms with van der Waals surface area (Å²) in [6, 6.07) is 17.0. The number of hydrogen-bond donors (Lipinski definition) is 2. The predicted molar refractivity (Wildman–Crippen MR) is 118 cm³/mol. The molecular weight excluding hydrogens is 376 g/mol. The van der Waals surface area contributed by atoms with Gasteiger partial charge in [-0.05, 0) is 55.7 Å². The first-order valence-electron chi connectivity index (χ1n) is 10.2. The van der Waals surface area contributed by atoms with Crippen molar-refractivity contribution in [2.75, 3.05) is 10.6 Å². The van der Waals surface area contributed by atoms with Crippen LogP contribution in [0.2, 0.25) is 0 Å². The second kappa shape index (κ2) is 7.78. The molecule has 0 fully saturated rings. The van der Waals surface area contributed by atoms with Gasteiger partial charge in [0.15, 0.2) is 5.69 Å². The standard InChI is InChI=1S/C24H26N4O2/c1-24(2,3)23(30)26-17-14-12-16(13-15-17)25-22(29)21-19-10-7-11-20(19)28(27-21)18-8-5-4-6-9-18/h4-6,8-9,12-15H,7,10-11H2,1-3H3,(H,25,29)(H,26,30). The minimum Gasteiger partial charge on any atom is -0.326 e. The van der Waals surface area contributed by atoms with Gasteiger partial charge < -0.3 is 10.6 Å². The maximum absolute atomic E-state index is 13.0. The lowest BCUT2D eigenvalue weighted by Gasteiger charge is -2.17. The van der Waals surface area contributed by atoms with Crippen molar-refractivity contribution in [2.24, 2.45) is 5.41 Å². The molecular formula is C24H26N4O2. The van der Waals surface area contributed by atoms with E-state index in [4.69, 9.17) is 0 Å². The molecule has 2 aromatic carbocycles. The van der Waals surface area contributed by atoms with Gasteiger partial charge in [-0.3, -0.25) is 9.59 Å². The molecule has 2 amide bonds. The molecule has 6 nitrogen and oxygen atoms in total. The number of hydrogen-bond acceptors (Lipinski definition) is 3. The Bertz CT molecular complexity index is 1080. The molecule has 1 aromatic heterocycles. The van der Waals surface area contributed by atoms with E-state index >= 15 is 0 Å². The van der Waals surface area contributed by atoms with Crippen LogP contribution in [-0.4, -0.2) is 21.6 Å². The first kappa shape index (κ1) is 19.9. The Kier molecular flexibility index (Phi) is 5.16. The fourth-order valence-corrected chi connectivity index (χ4v) is 3.55. The summed E-state index contributed by atoms with van der Waals surface area (Å²) in [5, 5.41) is 10.4. The summed E-state index contributed by atoms with van der Waals surface area (Å²) < 4.78 is 1.89. The number of amides is 2. The van der Waals surface area contributed by atoms with Crippen LogP contribution in [-0.2, 0) is 17.6 Å². The van der Waals surface area contributed by atoms with Gasteiger partial charge in [-0.15, -0.1) is 0 Å². The zero-order chi connectivity index (χ0) is 21.3. The third kappa shape index (κ3) is 3.99. The lowest BCUT2D eigenvalue weighted by molar-refractivity contribution is -0.123. The van der Waals surface area contributed by atoms with Gasteiger partial charge in [-0.1, -0.05) is 39.0 Å². The summed E-state index contributed by atoms with van der Waals surface area (Å²) in [6.07, 6.45) is 2.82. The number of nitrogens with zero attached hydrogens (tertiary/aromatic N) is 2. The molecule has 0 atom stereocenters. The van der Waals surface area contributed by atoms with E-state index in [0.29, 0.717) is 17.1 Å². The molecule has 2 N–H and O–H groups in total. The number of fused-ring (bicyclic) bond motifs is 1. The van der Waals surface area contributed by atoms with Crippen molar-refractivity contribution in [1.82, 2.24) is 9.78 Å². The average molecular weight is 402 g/mol.